The minimum Gasteiger partial charge on any atom is -0.497 e. The van der Waals surface area contributed by atoms with Crippen molar-refractivity contribution < 1.29 is 9.47 Å². The number of anilines is 1. The van der Waals surface area contributed by atoms with Crippen LogP contribution in [0, 0.1) is 0 Å². The summed E-state index contributed by atoms with van der Waals surface area (Å²) in [4.78, 5) is 8.61. The van der Waals surface area contributed by atoms with E-state index in [0.717, 1.165) is 37.6 Å². The van der Waals surface area contributed by atoms with E-state index >= 15 is 0 Å². The molecular formula is C15H14BrN3O2S. The van der Waals surface area contributed by atoms with Crippen LogP contribution in [0.3, 0.4) is 0 Å². The summed E-state index contributed by atoms with van der Waals surface area (Å²) in [6.07, 6.45) is 1.56. The summed E-state index contributed by atoms with van der Waals surface area (Å²) in [5.74, 6) is 2.37. The Morgan fingerprint density at radius 2 is 2.09 bits per heavy atom. The number of nitrogens with one attached hydrogen (secondary N) is 1. The van der Waals surface area contributed by atoms with E-state index in [4.69, 9.17) is 9.47 Å². The lowest BCUT2D eigenvalue weighted by Crippen LogP contribution is -2.03. The van der Waals surface area contributed by atoms with Crippen LogP contribution in [0.15, 0.2) is 34.4 Å². The Morgan fingerprint density at radius 1 is 1.23 bits per heavy atom. The molecule has 0 radical (unpaired) electrons. The molecule has 7 heteroatoms. The van der Waals surface area contributed by atoms with Crippen molar-refractivity contribution in [1.29, 1.82) is 0 Å². The van der Waals surface area contributed by atoms with Crippen LogP contribution in [0.25, 0.3) is 10.2 Å². The predicted octanol–water partition coefficient (Wildman–Crippen LogP) is 4.08. The van der Waals surface area contributed by atoms with Crippen molar-refractivity contribution >= 4 is 43.3 Å². The minimum atomic E-state index is 0.606. The number of hydrogen-bond acceptors (Lipinski definition) is 6. The third kappa shape index (κ3) is 2.86. The molecule has 0 aliphatic heterocycles. The fraction of sp³-hybridized carbons (Fsp3) is 0.200. The summed E-state index contributed by atoms with van der Waals surface area (Å²) in [6, 6.07) is 5.76. The number of aromatic nitrogens is 2. The SMILES string of the molecule is COc1ccc(CNc2ncnc3c(Br)csc23)c(OC)c1. The number of fused-ring (bicyclic) bond motifs is 1. The van der Waals surface area contributed by atoms with Gasteiger partial charge in [-0.2, -0.15) is 0 Å². The quantitative estimate of drug-likeness (QED) is 0.723. The Morgan fingerprint density at radius 3 is 2.86 bits per heavy atom. The number of ether oxygens (including phenoxy) is 2. The molecule has 1 N–H and O–H groups in total. The number of halogens is 1. The molecule has 0 fully saturated rings. The molecule has 5 nitrogen and oxygen atoms in total. The Kier molecular flexibility index (Phi) is 4.44. The molecule has 3 rings (SSSR count). The van der Waals surface area contributed by atoms with E-state index < -0.39 is 0 Å². The first-order valence-electron chi connectivity index (χ1n) is 6.55. The molecule has 3 aromatic rings. The van der Waals surface area contributed by atoms with Crippen molar-refractivity contribution in [2.24, 2.45) is 0 Å². The van der Waals surface area contributed by atoms with Gasteiger partial charge in [0.1, 0.15) is 29.2 Å². The Bertz CT molecular complexity index is 807. The van der Waals surface area contributed by atoms with Crippen molar-refractivity contribution in [2.75, 3.05) is 19.5 Å². The summed E-state index contributed by atoms with van der Waals surface area (Å²) in [6.45, 7) is 0.606. The van der Waals surface area contributed by atoms with Crippen LogP contribution in [-0.4, -0.2) is 24.2 Å². The molecule has 2 aromatic heterocycles. The van der Waals surface area contributed by atoms with Crippen LogP contribution in [0.2, 0.25) is 0 Å². The van der Waals surface area contributed by atoms with Crippen LogP contribution >= 0.6 is 27.3 Å². The Balaban J connectivity index is 1.85. The van der Waals surface area contributed by atoms with Gasteiger partial charge in [-0.3, -0.25) is 0 Å². The largest absolute Gasteiger partial charge is 0.497 e. The van der Waals surface area contributed by atoms with Gasteiger partial charge in [-0.15, -0.1) is 11.3 Å². The van der Waals surface area contributed by atoms with Crippen LogP contribution in [-0.2, 0) is 6.54 Å². The lowest BCUT2D eigenvalue weighted by molar-refractivity contribution is 0.391. The molecule has 0 amide bonds. The normalized spacial score (nSPS) is 10.7. The first kappa shape index (κ1) is 15.1. The van der Waals surface area contributed by atoms with Crippen molar-refractivity contribution in [1.82, 2.24) is 9.97 Å². The molecule has 2 heterocycles. The summed E-state index contributed by atoms with van der Waals surface area (Å²) in [7, 11) is 3.29. The van der Waals surface area contributed by atoms with Crippen LogP contribution in [0.4, 0.5) is 5.82 Å². The molecule has 114 valence electrons. The zero-order valence-electron chi connectivity index (χ0n) is 12.1. The van der Waals surface area contributed by atoms with Gasteiger partial charge >= 0.3 is 0 Å². The van der Waals surface area contributed by atoms with Gasteiger partial charge in [0, 0.05) is 23.6 Å². The number of benzene rings is 1. The maximum atomic E-state index is 5.41. The van der Waals surface area contributed by atoms with Gasteiger partial charge in [-0.25, -0.2) is 9.97 Å². The molecule has 0 saturated carbocycles. The highest BCUT2D eigenvalue weighted by molar-refractivity contribution is 9.10. The van der Waals surface area contributed by atoms with E-state index in [2.05, 4.69) is 31.2 Å². The Hall–Kier alpha value is -1.86. The summed E-state index contributed by atoms with van der Waals surface area (Å²) in [5.41, 5.74) is 1.95. The van der Waals surface area contributed by atoms with Gasteiger partial charge in [0.25, 0.3) is 0 Å². The number of methoxy groups -OCH3 is 2. The van der Waals surface area contributed by atoms with Gasteiger partial charge in [-0.1, -0.05) is 0 Å². The average Bonchev–Trinajstić information content (AvgIpc) is 2.94. The molecule has 0 bridgehead atoms. The van der Waals surface area contributed by atoms with Gasteiger partial charge in [0.15, 0.2) is 0 Å². The molecule has 22 heavy (non-hydrogen) atoms. The fourth-order valence-electron chi connectivity index (χ4n) is 2.12. The zero-order valence-corrected chi connectivity index (χ0v) is 14.5. The van der Waals surface area contributed by atoms with Crippen molar-refractivity contribution in [3.8, 4) is 11.5 Å². The van der Waals surface area contributed by atoms with E-state index in [-0.39, 0.29) is 0 Å². The van der Waals surface area contributed by atoms with E-state index in [9.17, 15) is 0 Å². The number of rotatable bonds is 5. The lowest BCUT2D eigenvalue weighted by atomic mass is 10.2. The predicted molar refractivity (Wildman–Crippen MR) is 92.0 cm³/mol. The van der Waals surface area contributed by atoms with Gasteiger partial charge in [0.05, 0.1) is 23.4 Å². The molecule has 0 saturated heterocycles. The smallest absolute Gasteiger partial charge is 0.147 e. The maximum Gasteiger partial charge on any atom is 0.147 e. The first-order chi connectivity index (χ1) is 10.7. The Labute approximate surface area is 140 Å². The highest BCUT2D eigenvalue weighted by Gasteiger charge is 2.10. The monoisotopic (exact) mass is 379 g/mol. The summed E-state index contributed by atoms with van der Waals surface area (Å²) in [5, 5.41) is 5.36. The number of thiophene rings is 1. The molecule has 1 aromatic carbocycles. The molecule has 0 spiro atoms. The molecule has 0 unspecified atom stereocenters. The fourth-order valence-corrected chi connectivity index (χ4v) is 3.68. The van der Waals surface area contributed by atoms with Crippen LogP contribution in [0.5, 0.6) is 11.5 Å². The summed E-state index contributed by atoms with van der Waals surface area (Å²) >= 11 is 5.10. The molecule has 0 atom stereocenters. The van der Waals surface area contributed by atoms with Gasteiger partial charge in [0.2, 0.25) is 0 Å². The van der Waals surface area contributed by atoms with E-state index in [1.165, 1.54) is 0 Å². The minimum absolute atomic E-state index is 0.606. The zero-order chi connectivity index (χ0) is 15.5. The first-order valence-corrected chi connectivity index (χ1v) is 8.22. The maximum absolute atomic E-state index is 5.41. The second kappa shape index (κ2) is 6.50. The lowest BCUT2D eigenvalue weighted by Gasteiger charge is -2.11. The highest BCUT2D eigenvalue weighted by Crippen LogP contribution is 2.33. The molecule has 0 aliphatic rings. The van der Waals surface area contributed by atoms with E-state index in [1.807, 2.05) is 23.6 Å². The van der Waals surface area contributed by atoms with E-state index in [0.29, 0.717) is 6.54 Å². The topological polar surface area (TPSA) is 56.3 Å². The second-order valence-electron chi connectivity index (χ2n) is 4.51. The highest BCUT2D eigenvalue weighted by atomic mass is 79.9. The summed E-state index contributed by atoms with van der Waals surface area (Å²) < 4.78 is 12.6. The molecular weight excluding hydrogens is 366 g/mol. The van der Waals surface area contributed by atoms with Crippen LogP contribution < -0.4 is 14.8 Å². The second-order valence-corrected chi connectivity index (χ2v) is 6.25. The van der Waals surface area contributed by atoms with Gasteiger partial charge in [-0.05, 0) is 28.1 Å². The number of nitrogens with zero attached hydrogens (tertiary/aromatic N) is 2. The van der Waals surface area contributed by atoms with Crippen molar-refractivity contribution in [3.63, 3.8) is 0 Å². The number of hydrogen-bond donors (Lipinski definition) is 1. The third-order valence-electron chi connectivity index (χ3n) is 3.25. The van der Waals surface area contributed by atoms with Gasteiger partial charge < -0.3 is 14.8 Å². The standard InChI is InChI=1S/C15H14BrN3O2S/c1-20-10-4-3-9(12(5-10)21-2)6-17-15-14-13(18-8-19-15)11(16)7-22-14/h3-5,7-8H,6H2,1-2H3,(H,17,18,19). The van der Waals surface area contributed by atoms with Crippen LogP contribution in [0.1, 0.15) is 5.56 Å². The van der Waals surface area contributed by atoms with E-state index in [1.54, 1.807) is 31.9 Å². The van der Waals surface area contributed by atoms with Crippen molar-refractivity contribution in [3.05, 3.63) is 39.9 Å². The average molecular weight is 380 g/mol. The molecule has 0 aliphatic carbocycles. The van der Waals surface area contributed by atoms with Crippen molar-refractivity contribution in [2.45, 2.75) is 6.54 Å². The third-order valence-corrected chi connectivity index (χ3v) is 5.13.